The topological polar surface area (TPSA) is 32.6 Å². The number of unbranched alkanes of at least 4 members (excludes halogenated alkanes) is 5. The van der Waals surface area contributed by atoms with E-state index >= 15 is 0 Å². The molecule has 0 aromatic heterocycles. The van der Waals surface area contributed by atoms with Crippen LogP contribution in [0.3, 0.4) is 0 Å². The lowest BCUT2D eigenvalue weighted by Crippen LogP contribution is -2.29. The van der Waals surface area contributed by atoms with E-state index < -0.39 is 0 Å². The molecule has 0 aromatic carbocycles. The molecule has 0 saturated heterocycles. The average Bonchev–Trinajstić information content (AvgIpc) is 3.20. The van der Waals surface area contributed by atoms with Gasteiger partial charge in [0.05, 0.1) is 5.71 Å². The van der Waals surface area contributed by atoms with Gasteiger partial charge in [0, 0.05) is 11.3 Å². The summed E-state index contributed by atoms with van der Waals surface area (Å²) in [5.74, 6) is 0.586. The molecule has 1 saturated carbocycles. The molecular weight excluding hydrogens is 234 g/mol. The second-order valence-corrected chi connectivity index (χ2v) is 6.59. The predicted molar refractivity (Wildman–Crippen MR) is 83.0 cm³/mol. The number of oxime groups is 1. The fraction of sp³-hybridized carbons (Fsp3) is 0.941. The lowest BCUT2D eigenvalue weighted by Gasteiger charge is -2.31. The Labute approximate surface area is 119 Å². The largest absolute Gasteiger partial charge is 0.411 e. The van der Waals surface area contributed by atoms with Gasteiger partial charge in [-0.2, -0.15) is 0 Å². The van der Waals surface area contributed by atoms with E-state index in [2.05, 4.69) is 25.9 Å². The molecule has 0 heterocycles. The van der Waals surface area contributed by atoms with Gasteiger partial charge in [-0.3, -0.25) is 0 Å². The smallest absolute Gasteiger partial charge is 0.0660 e. The molecule has 112 valence electrons. The molecule has 1 fully saturated rings. The second-order valence-electron chi connectivity index (χ2n) is 6.59. The van der Waals surface area contributed by atoms with Crippen molar-refractivity contribution in [2.45, 2.75) is 91.4 Å². The van der Waals surface area contributed by atoms with E-state index in [1.807, 2.05) is 0 Å². The molecule has 0 radical (unpaired) electrons. The van der Waals surface area contributed by atoms with Gasteiger partial charge in [-0.1, -0.05) is 70.9 Å². The minimum Gasteiger partial charge on any atom is -0.411 e. The summed E-state index contributed by atoms with van der Waals surface area (Å²) in [5, 5.41) is 13.1. The molecule has 1 aliphatic rings. The number of hydrogen-bond acceptors (Lipinski definition) is 2. The molecule has 1 unspecified atom stereocenters. The van der Waals surface area contributed by atoms with Crippen molar-refractivity contribution in [3.05, 3.63) is 0 Å². The van der Waals surface area contributed by atoms with Crippen LogP contribution in [0.1, 0.15) is 91.4 Å². The molecule has 0 amide bonds. The molecule has 0 aromatic rings. The molecule has 19 heavy (non-hydrogen) atoms. The van der Waals surface area contributed by atoms with Crippen molar-refractivity contribution >= 4 is 5.71 Å². The SMILES string of the molecule is CCCCCCC(C)(CCCCC)/C(=N/O)C1CC1. The fourth-order valence-corrected chi connectivity index (χ4v) is 3.14. The third-order valence-corrected chi connectivity index (χ3v) is 4.60. The third-order valence-electron chi connectivity index (χ3n) is 4.60. The Balaban J connectivity index is 2.54. The Morgan fingerprint density at radius 1 is 1.00 bits per heavy atom. The highest BCUT2D eigenvalue weighted by atomic mass is 16.4. The van der Waals surface area contributed by atoms with Crippen LogP contribution in [0.5, 0.6) is 0 Å². The van der Waals surface area contributed by atoms with Gasteiger partial charge in [-0.25, -0.2) is 0 Å². The van der Waals surface area contributed by atoms with Gasteiger partial charge in [-0.15, -0.1) is 0 Å². The maximum atomic E-state index is 9.42. The van der Waals surface area contributed by atoms with E-state index in [-0.39, 0.29) is 5.41 Å². The zero-order chi connectivity index (χ0) is 14.1. The standard InChI is InChI=1S/C17H33NO/c1-4-6-8-10-14-17(3,13-9-7-5-2)16(18-19)15-11-12-15/h15,19H,4-14H2,1-3H3/b18-16+. The van der Waals surface area contributed by atoms with E-state index in [1.54, 1.807) is 0 Å². The summed E-state index contributed by atoms with van der Waals surface area (Å²) < 4.78 is 0. The number of hydrogen-bond donors (Lipinski definition) is 1. The average molecular weight is 267 g/mol. The van der Waals surface area contributed by atoms with Gasteiger partial charge >= 0.3 is 0 Å². The molecule has 0 spiro atoms. The van der Waals surface area contributed by atoms with Crippen LogP contribution in [0.2, 0.25) is 0 Å². The normalized spacial score (nSPS) is 19.4. The fourth-order valence-electron chi connectivity index (χ4n) is 3.14. The Morgan fingerprint density at radius 2 is 1.53 bits per heavy atom. The first-order chi connectivity index (χ1) is 9.18. The van der Waals surface area contributed by atoms with Crippen molar-refractivity contribution < 1.29 is 5.21 Å². The first-order valence-electron chi connectivity index (χ1n) is 8.40. The van der Waals surface area contributed by atoms with Crippen LogP contribution in [0.4, 0.5) is 0 Å². The summed E-state index contributed by atoms with van der Waals surface area (Å²) in [6, 6.07) is 0. The Morgan fingerprint density at radius 3 is 2.00 bits per heavy atom. The van der Waals surface area contributed by atoms with E-state index in [0.717, 1.165) is 5.71 Å². The highest BCUT2D eigenvalue weighted by Crippen LogP contribution is 2.43. The summed E-state index contributed by atoms with van der Waals surface area (Å²) in [7, 11) is 0. The molecule has 2 nitrogen and oxygen atoms in total. The Hall–Kier alpha value is -0.530. The predicted octanol–water partition coefficient (Wildman–Crippen LogP) is 5.78. The minimum atomic E-state index is 0.152. The highest BCUT2D eigenvalue weighted by molar-refractivity contribution is 5.93. The Bertz CT molecular complexity index is 270. The van der Waals surface area contributed by atoms with Gasteiger partial charge in [0.2, 0.25) is 0 Å². The maximum Gasteiger partial charge on any atom is 0.0660 e. The zero-order valence-electron chi connectivity index (χ0n) is 13.2. The molecule has 1 atom stereocenters. The quantitative estimate of drug-likeness (QED) is 0.219. The minimum absolute atomic E-state index is 0.152. The maximum absolute atomic E-state index is 9.42. The summed E-state index contributed by atoms with van der Waals surface area (Å²) in [6.45, 7) is 6.84. The van der Waals surface area contributed by atoms with Gasteiger partial charge < -0.3 is 5.21 Å². The van der Waals surface area contributed by atoms with Crippen LogP contribution in [-0.2, 0) is 0 Å². The van der Waals surface area contributed by atoms with Crippen molar-refractivity contribution in [3.63, 3.8) is 0 Å². The molecule has 0 aliphatic heterocycles. The van der Waals surface area contributed by atoms with E-state index in [0.29, 0.717) is 5.92 Å². The summed E-state index contributed by atoms with van der Waals surface area (Å²) in [6.07, 6.45) is 13.9. The van der Waals surface area contributed by atoms with Gasteiger partial charge in [0.25, 0.3) is 0 Å². The lowest BCUT2D eigenvalue weighted by atomic mass is 9.74. The number of nitrogens with zero attached hydrogens (tertiary/aromatic N) is 1. The first-order valence-corrected chi connectivity index (χ1v) is 8.40. The molecule has 1 aliphatic carbocycles. The van der Waals surface area contributed by atoms with Crippen LogP contribution in [0, 0.1) is 11.3 Å². The second kappa shape index (κ2) is 8.60. The molecule has 2 heteroatoms. The van der Waals surface area contributed by atoms with Crippen LogP contribution in [-0.4, -0.2) is 10.9 Å². The van der Waals surface area contributed by atoms with Gasteiger partial charge in [0.1, 0.15) is 0 Å². The van der Waals surface area contributed by atoms with Crippen molar-refractivity contribution in [2.24, 2.45) is 16.5 Å². The van der Waals surface area contributed by atoms with Crippen molar-refractivity contribution in [1.82, 2.24) is 0 Å². The van der Waals surface area contributed by atoms with Crippen LogP contribution < -0.4 is 0 Å². The summed E-state index contributed by atoms with van der Waals surface area (Å²) in [4.78, 5) is 0. The van der Waals surface area contributed by atoms with Crippen molar-refractivity contribution in [2.75, 3.05) is 0 Å². The number of rotatable bonds is 11. The summed E-state index contributed by atoms with van der Waals surface area (Å²) >= 11 is 0. The molecular formula is C17H33NO. The van der Waals surface area contributed by atoms with Crippen LogP contribution in [0.25, 0.3) is 0 Å². The van der Waals surface area contributed by atoms with Gasteiger partial charge in [-0.05, 0) is 25.7 Å². The van der Waals surface area contributed by atoms with E-state index in [1.165, 1.54) is 70.6 Å². The summed E-state index contributed by atoms with van der Waals surface area (Å²) in [5.41, 5.74) is 1.26. The van der Waals surface area contributed by atoms with Crippen molar-refractivity contribution in [3.8, 4) is 0 Å². The van der Waals surface area contributed by atoms with E-state index in [4.69, 9.17) is 0 Å². The van der Waals surface area contributed by atoms with Gasteiger partial charge in [0.15, 0.2) is 0 Å². The molecule has 1 rings (SSSR count). The molecule has 0 bridgehead atoms. The Kier molecular flexibility index (Phi) is 7.48. The zero-order valence-corrected chi connectivity index (χ0v) is 13.2. The third kappa shape index (κ3) is 5.54. The van der Waals surface area contributed by atoms with Crippen LogP contribution >= 0.6 is 0 Å². The molecule has 1 N–H and O–H groups in total. The van der Waals surface area contributed by atoms with E-state index in [9.17, 15) is 5.21 Å². The lowest BCUT2D eigenvalue weighted by molar-refractivity contribution is 0.287. The highest BCUT2D eigenvalue weighted by Gasteiger charge is 2.40. The monoisotopic (exact) mass is 267 g/mol. The first kappa shape index (κ1) is 16.5. The van der Waals surface area contributed by atoms with Crippen molar-refractivity contribution in [1.29, 1.82) is 0 Å². The van der Waals surface area contributed by atoms with Crippen LogP contribution in [0.15, 0.2) is 5.16 Å².